The number of hydrogen-bond acceptors (Lipinski definition) is 4. The zero-order valence-corrected chi connectivity index (χ0v) is 6.83. The molecule has 0 saturated heterocycles. The van der Waals surface area contributed by atoms with Gasteiger partial charge < -0.3 is 0 Å². The molecule has 0 atom stereocenters. The third-order valence-corrected chi connectivity index (χ3v) is 0. The predicted octanol–water partition coefficient (Wildman–Crippen LogP) is 0.407. The van der Waals surface area contributed by atoms with E-state index >= 15 is 0 Å². The molecule has 7 heteroatoms. The quantitative estimate of drug-likeness (QED) is 0.520. The molecule has 6 nitrogen and oxygen atoms in total. The molecule has 0 radical (unpaired) electrons. The largest absolute Gasteiger partial charge is 0.394 e. The van der Waals surface area contributed by atoms with Crippen molar-refractivity contribution in [3.05, 3.63) is 0 Å². The van der Waals surface area contributed by atoms with Crippen LogP contribution in [0.1, 0.15) is 13.8 Å². The van der Waals surface area contributed by atoms with Crippen LogP contribution in [-0.4, -0.2) is 17.5 Å². The first kappa shape index (κ1) is 16.4. The normalized spacial score (nSPS) is 6.73. The molecule has 0 aliphatic heterocycles. The monoisotopic (exact) mass is 180 g/mol. The molecule has 0 aliphatic carbocycles. The molecule has 0 amide bonds. The molecule has 0 fully saturated rings. The van der Waals surface area contributed by atoms with E-state index in [1.807, 2.05) is 0 Å². The van der Waals surface area contributed by atoms with E-state index in [4.69, 9.17) is 28.0 Å². The lowest BCUT2D eigenvalue weighted by atomic mass is 11.0. The summed E-state index contributed by atoms with van der Waals surface area (Å²) in [5.74, 6) is 0. The van der Waals surface area contributed by atoms with Gasteiger partial charge in [-0.15, -0.1) is 0 Å². The first-order chi connectivity index (χ1) is 4.83. The topological polar surface area (TPSA) is 122 Å². The highest BCUT2D eigenvalue weighted by Gasteiger charge is 1.84. The van der Waals surface area contributed by atoms with Crippen molar-refractivity contribution in [1.29, 1.82) is 10.5 Å². The van der Waals surface area contributed by atoms with Gasteiger partial charge in [0, 0.05) is 13.8 Å². The second-order valence-corrected chi connectivity index (χ2v) is 1.79. The summed E-state index contributed by atoms with van der Waals surface area (Å²) in [4.78, 5) is 0. The molecular weight excluding hydrogens is 172 g/mol. The highest BCUT2D eigenvalue weighted by atomic mass is 32.3. The van der Waals surface area contributed by atoms with Gasteiger partial charge >= 0.3 is 10.4 Å². The van der Waals surface area contributed by atoms with Gasteiger partial charge in [0.05, 0.1) is 12.1 Å². The molecule has 0 heterocycles. The van der Waals surface area contributed by atoms with Crippen LogP contribution in [-0.2, 0) is 10.4 Å². The molecule has 2 N–H and O–H groups in total. The zero-order valence-electron chi connectivity index (χ0n) is 6.01. The summed E-state index contributed by atoms with van der Waals surface area (Å²) in [6, 6.07) is 3.50. The maximum Gasteiger partial charge on any atom is 0.394 e. The Labute approximate surface area is 65.3 Å². The van der Waals surface area contributed by atoms with E-state index < -0.39 is 10.4 Å². The summed E-state index contributed by atoms with van der Waals surface area (Å²) in [6.07, 6.45) is 0. The van der Waals surface area contributed by atoms with Gasteiger partial charge in [-0.1, -0.05) is 0 Å². The zero-order chi connectivity index (χ0) is 9.91. The van der Waals surface area contributed by atoms with Gasteiger partial charge in [-0.2, -0.15) is 18.9 Å². The predicted molar refractivity (Wildman–Crippen MR) is 36.8 cm³/mol. The first-order valence-electron chi connectivity index (χ1n) is 2.15. The molecule has 11 heavy (non-hydrogen) atoms. The average Bonchev–Trinajstić information content (AvgIpc) is 1.62. The van der Waals surface area contributed by atoms with E-state index in [9.17, 15) is 0 Å². The molecule has 0 spiro atoms. The minimum atomic E-state index is -4.67. The Morgan fingerprint density at radius 3 is 1.09 bits per heavy atom. The van der Waals surface area contributed by atoms with Gasteiger partial charge in [0.1, 0.15) is 0 Å². The fraction of sp³-hybridized carbons (Fsp3) is 0.500. The van der Waals surface area contributed by atoms with Gasteiger partial charge in [-0.3, -0.25) is 9.11 Å². The molecule has 0 aliphatic rings. The smallest absolute Gasteiger partial charge is 0.264 e. The van der Waals surface area contributed by atoms with Crippen LogP contribution in [0.3, 0.4) is 0 Å². The Hall–Kier alpha value is -1.15. The van der Waals surface area contributed by atoms with Crippen LogP contribution in [0.5, 0.6) is 0 Å². The summed E-state index contributed by atoms with van der Waals surface area (Å²) < 4.78 is 31.6. The average molecular weight is 180 g/mol. The number of rotatable bonds is 0. The van der Waals surface area contributed by atoms with Gasteiger partial charge in [0.15, 0.2) is 0 Å². The molecule has 0 bridgehead atoms. The van der Waals surface area contributed by atoms with Gasteiger partial charge in [0.2, 0.25) is 0 Å². The summed E-state index contributed by atoms with van der Waals surface area (Å²) in [7, 11) is -4.67. The number of nitrogens with zero attached hydrogens (tertiary/aromatic N) is 2. The second kappa shape index (κ2) is 11.6. The van der Waals surface area contributed by atoms with E-state index in [0.29, 0.717) is 0 Å². The summed E-state index contributed by atoms with van der Waals surface area (Å²) in [5.41, 5.74) is 0. The molecule has 0 saturated carbocycles. The Morgan fingerprint density at radius 1 is 1.09 bits per heavy atom. The summed E-state index contributed by atoms with van der Waals surface area (Å²) in [5, 5.41) is 14.6. The van der Waals surface area contributed by atoms with E-state index in [2.05, 4.69) is 0 Å². The van der Waals surface area contributed by atoms with Crippen LogP contribution in [0.4, 0.5) is 0 Å². The van der Waals surface area contributed by atoms with Crippen molar-refractivity contribution in [2.75, 3.05) is 0 Å². The van der Waals surface area contributed by atoms with Crippen molar-refractivity contribution in [1.82, 2.24) is 0 Å². The SMILES string of the molecule is CC#N.CC#N.O=S(=O)(O)O. The van der Waals surface area contributed by atoms with Crippen LogP contribution in [0.25, 0.3) is 0 Å². The molecule has 0 rings (SSSR count). The fourth-order valence-corrected chi connectivity index (χ4v) is 0. The minimum absolute atomic E-state index is 1.43. The standard InChI is InChI=1S/2C2H3N.H2O4S/c2*1-2-3;1-5(2,3)4/h2*1H3;(H2,1,2,3,4). The lowest BCUT2D eigenvalue weighted by Gasteiger charge is -1.68. The fourth-order valence-electron chi connectivity index (χ4n) is 0. The highest BCUT2D eigenvalue weighted by Crippen LogP contribution is 1.59. The van der Waals surface area contributed by atoms with E-state index in [1.54, 1.807) is 12.1 Å². The van der Waals surface area contributed by atoms with E-state index in [0.717, 1.165) is 0 Å². The lowest BCUT2D eigenvalue weighted by molar-refractivity contribution is 0.381. The van der Waals surface area contributed by atoms with Crippen molar-refractivity contribution in [3.63, 3.8) is 0 Å². The van der Waals surface area contributed by atoms with Crippen molar-refractivity contribution >= 4 is 10.4 Å². The molecule has 64 valence electrons. The second-order valence-electron chi connectivity index (χ2n) is 0.895. The highest BCUT2D eigenvalue weighted by molar-refractivity contribution is 7.79. The van der Waals surface area contributed by atoms with Crippen molar-refractivity contribution < 1.29 is 17.5 Å². The van der Waals surface area contributed by atoms with Crippen LogP contribution in [0.2, 0.25) is 0 Å². The first-order valence-corrected chi connectivity index (χ1v) is 3.54. The summed E-state index contributed by atoms with van der Waals surface area (Å²) in [6.45, 7) is 2.86. The third kappa shape index (κ3) is 314. The third-order valence-electron chi connectivity index (χ3n) is 0. The lowest BCUT2D eigenvalue weighted by Crippen LogP contribution is -1.89. The molecular formula is C4H8N2O4S. The summed E-state index contributed by atoms with van der Waals surface area (Å²) >= 11 is 0. The molecule has 0 aromatic heterocycles. The minimum Gasteiger partial charge on any atom is -0.264 e. The van der Waals surface area contributed by atoms with Crippen molar-refractivity contribution in [3.8, 4) is 12.1 Å². The van der Waals surface area contributed by atoms with E-state index in [1.165, 1.54) is 13.8 Å². The van der Waals surface area contributed by atoms with Crippen molar-refractivity contribution in [2.24, 2.45) is 0 Å². The molecule has 0 aromatic rings. The Morgan fingerprint density at radius 2 is 1.09 bits per heavy atom. The molecule has 0 unspecified atom stereocenters. The van der Waals surface area contributed by atoms with E-state index in [-0.39, 0.29) is 0 Å². The number of hydrogen-bond donors (Lipinski definition) is 2. The van der Waals surface area contributed by atoms with Crippen LogP contribution in [0.15, 0.2) is 0 Å². The van der Waals surface area contributed by atoms with Crippen molar-refractivity contribution in [2.45, 2.75) is 13.8 Å². The Bertz CT molecular complexity index is 212. The van der Waals surface area contributed by atoms with Gasteiger partial charge in [-0.25, -0.2) is 0 Å². The van der Waals surface area contributed by atoms with Gasteiger partial charge in [0.25, 0.3) is 0 Å². The Kier molecular flexibility index (Phi) is 17.4. The maximum absolute atomic E-state index is 8.74. The molecule has 0 aromatic carbocycles. The maximum atomic E-state index is 8.74. The Balaban J connectivity index is -0.0000000933. The van der Waals surface area contributed by atoms with Crippen LogP contribution >= 0.6 is 0 Å². The van der Waals surface area contributed by atoms with Crippen LogP contribution in [0, 0.1) is 22.7 Å². The van der Waals surface area contributed by atoms with Crippen LogP contribution < -0.4 is 0 Å². The number of nitriles is 2. The van der Waals surface area contributed by atoms with Gasteiger partial charge in [-0.05, 0) is 0 Å².